The van der Waals surface area contributed by atoms with Crippen LogP contribution in [0.4, 0.5) is 5.69 Å². The Hall–Kier alpha value is -2.82. The van der Waals surface area contributed by atoms with Crippen LogP contribution in [0, 0.1) is 6.92 Å². The molecule has 0 unspecified atom stereocenters. The molecule has 0 saturated heterocycles. The van der Waals surface area contributed by atoms with Crippen molar-refractivity contribution in [3.63, 3.8) is 0 Å². The number of nitrogens with two attached hydrogens (primary N) is 1. The smallest absolute Gasteiger partial charge is 0.259 e. The highest BCUT2D eigenvalue weighted by Crippen LogP contribution is 2.20. The van der Waals surface area contributed by atoms with E-state index in [2.05, 4.69) is 5.32 Å². The van der Waals surface area contributed by atoms with Crippen molar-refractivity contribution >= 4 is 17.5 Å². The second-order valence-electron chi connectivity index (χ2n) is 4.42. The second kappa shape index (κ2) is 5.44. The molecule has 5 nitrogen and oxygen atoms in total. The largest absolute Gasteiger partial charge is 0.507 e. The molecule has 2 aromatic rings. The molecule has 0 aliphatic carbocycles. The predicted octanol–water partition coefficient (Wildman–Crippen LogP) is 2.05. The van der Waals surface area contributed by atoms with Gasteiger partial charge in [0.2, 0.25) is 5.91 Å². The quantitative estimate of drug-likeness (QED) is 0.797. The van der Waals surface area contributed by atoms with Crippen LogP contribution in [-0.2, 0) is 0 Å². The maximum atomic E-state index is 12.0. The van der Waals surface area contributed by atoms with Gasteiger partial charge in [0.1, 0.15) is 5.75 Å². The van der Waals surface area contributed by atoms with E-state index in [1.165, 1.54) is 18.2 Å². The van der Waals surface area contributed by atoms with Crippen molar-refractivity contribution in [2.45, 2.75) is 6.92 Å². The molecule has 0 heterocycles. The van der Waals surface area contributed by atoms with Crippen molar-refractivity contribution in [2.24, 2.45) is 5.73 Å². The normalized spacial score (nSPS) is 10.1. The van der Waals surface area contributed by atoms with Crippen LogP contribution in [0.15, 0.2) is 42.5 Å². The Balaban J connectivity index is 2.17. The van der Waals surface area contributed by atoms with Crippen LogP contribution in [0.25, 0.3) is 0 Å². The third-order valence-corrected chi connectivity index (χ3v) is 2.83. The molecule has 2 rings (SSSR count). The number of carbonyl (C=O) groups is 2. The molecule has 102 valence electrons. The van der Waals surface area contributed by atoms with Crippen LogP contribution >= 0.6 is 0 Å². The topological polar surface area (TPSA) is 92.4 Å². The number of amides is 2. The molecule has 2 amide bonds. The molecular formula is C15H14N2O3. The summed E-state index contributed by atoms with van der Waals surface area (Å²) in [5.74, 6) is -1.02. The van der Waals surface area contributed by atoms with E-state index in [0.29, 0.717) is 11.3 Å². The molecule has 5 heteroatoms. The highest BCUT2D eigenvalue weighted by Gasteiger charge is 2.11. The average Bonchev–Trinajstić information content (AvgIpc) is 2.39. The fourth-order valence-electron chi connectivity index (χ4n) is 1.75. The number of aromatic hydroxyl groups is 1. The van der Waals surface area contributed by atoms with Gasteiger partial charge < -0.3 is 16.2 Å². The number of carbonyl (C=O) groups excluding carboxylic acids is 2. The van der Waals surface area contributed by atoms with E-state index in [-0.39, 0.29) is 11.3 Å². The molecule has 2 aromatic carbocycles. The lowest BCUT2D eigenvalue weighted by Gasteiger charge is -2.07. The number of rotatable bonds is 3. The summed E-state index contributed by atoms with van der Waals surface area (Å²) in [6.45, 7) is 1.82. The third kappa shape index (κ3) is 2.95. The van der Waals surface area contributed by atoms with Gasteiger partial charge in [0.05, 0.1) is 5.56 Å². The van der Waals surface area contributed by atoms with Gasteiger partial charge in [0.25, 0.3) is 5.91 Å². The Bertz CT molecular complexity index is 663. The summed E-state index contributed by atoms with van der Waals surface area (Å²) >= 11 is 0. The Morgan fingerprint density at radius 2 is 1.75 bits per heavy atom. The minimum atomic E-state index is -0.529. The highest BCUT2D eigenvalue weighted by molar-refractivity contribution is 6.06. The number of anilines is 1. The first-order valence-electron chi connectivity index (χ1n) is 5.98. The Kier molecular flexibility index (Phi) is 3.70. The summed E-state index contributed by atoms with van der Waals surface area (Å²) in [6, 6.07) is 11.0. The van der Waals surface area contributed by atoms with Crippen molar-refractivity contribution in [3.05, 3.63) is 59.2 Å². The van der Waals surface area contributed by atoms with E-state index in [4.69, 9.17) is 5.73 Å². The van der Waals surface area contributed by atoms with Crippen LogP contribution in [0.5, 0.6) is 5.75 Å². The fraction of sp³-hybridized carbons (Fsp3) is 0.0667. The van der Waals surface area contributed by atoms with E-state index in [0.717, 1.165) is 5.56 Å². The van der Waals surface area contributed by atoms with Crippen molar-refractivity contribution in [3.8, 4) is 5.75 Å². The van der Waals surface area contributed by atoms with Crippen LogP contribution in [0.3, 0.4) is 0 Å². The number of primary amides is 1. The van der Waals surface area contributed by atoms with Crippen LogP contribution in [0.1, 0.15) is 26.3 Å². The van der Waals surface area contributed by atoms with E-state index < -0.39 is 11.8 Å². The molecule has 0 aromatic heterocycles. The van der Waals surface area contributed by atoms with Crippen LogP contribution in [-0.4, -0.2) is 16.9 Å². The summed E-state index contributed by atoms with van der Waals surface area (Å²) in [5, 5.41) is 12.4. The molecule has 20 heavy (non-hydrogen) atoms. The van der Waals surface area contributed by atoms with Gasteiger partial charge in [-0.25, -0.2) is 0 Å². The summed E-state index contributed by atoms with van der Waals surface area (Å²) in [4.78, 5) is 22.9. The zero-order valence-electron chi connectivity index (χ0n) is 10.9. The molecule has 0 radical (unpaired) electrons. The lowest BCUT2D eigenvalue weighted by Crippen LogP contribution is -2.13. The molecule has 0 atom stereocenters. The molecule has 0 aliphatic rings. The van der Waals surface area contributed by atoms with E-state index >= 15 is 0 Å². The lowest BCUT2D eigenvalue weighted by atomic mass is 10.1. The monoisotopic (exact) mass is 270 g/mol. The number of hydrogen-bond donors (Lipinski definition) is 3. The van der Waals surface area contributed by atoms with Gasteiger partial charge in [-0.2, -0.15) is 0 Å². The third-order valence-electron chi connectivity index (χ3n) is 2.83. The molecule has 0 aliphatic heterocycles. The minimum Gasteiger partial charge on any atom is -0.507 e. The fourth-order valence-corrected chi connectivity index (χ4v) is 1.75. The Morgan fingerprint density at radius 1 is 1.10 bits per heavy atom. The zero-order chi connectivity index (χ0) is 14.7. The van der Waals surface area contributed by atoms with Gasteiger partial charge in [-0.15, -0.1) is 0 Å². The summed E-state index contributed by atoms with van der Waals surface area (Å²) in [5.41, 5.74) is 7.06. The number of nitrogens with one attached hydrogen (secondary N) is 1. The van der Waals surface area contributed by atoms with Gasteiger partial charge in [-0.1, -0.05) is 6.07 Å². The standard InChI is InChI=1S/C15H14N2O3/c1-9-2-7-12(13(18)8-9)15(20)17-11-5-3-10(4-6-11)14(16)19/h2-8,18H,1H3,(H2,16,19)(H,17,20). The van der Waals surface area contributed by atoms with E-state index in [9.17, 15) is 14.7 Å². The first kappa shape index (κ1) is 13.6. The van der Waals surface area contributed by atoms with Gasteiger partial charge in [-0.05, 0) is 48.9 Å². The summed E-state index contributed by atoms with van der Waals surface area (Å²) in [6.07, 6.45) is 0. The van der Waals surface area contributed by atoms with Crippen LogP contribution in [0.2, 0.25) is 0 Å². The maximum absolute atomic E-state index is 12.0. The predicted molar refractivity (Wildman–Crippen MR) is 75.8 cm³/mol. The molecule has 4 N–H and O–H groups in total. The van der Waals surface area contributed by atoms with Gasteiger partial charge in [0, 0.05) is 11.3 Å². The summed E-state index contributed by atoms with van der Waals surface area (Å²) in [7, 11) is 0. The molecule has 0 spiro atoms. The average molecular weight is 270 g/mol. The number of benzene rings is 2. The van der Waals surface area contributed by atoms with Gasteiger partial charge >= 0.3 is 0 Å². The number of hydrogen-bond acceptors (Lipinski definition) is 3. The number of aryl methyl sites for hydroxylation is 1. The Labute approximate surface area is 116 Å². The molecular weight excluding hydrogens is 256 g/mol. The minimum absolute atomic E-state index is 0.0729. The lowest BCUT2D eigenvalue weighted by molar-refractivity contribution is 0.0998. The van der Waals surface area contributed by atoms with Gasteiger partial charge in [0.15, 0.2) is 0 Å². The SMILES string of the molecule is Cc1ccc(C(=O)Nc2ccc(C(N)=O)cc2)c(O)c1. The maximum Gasteiger partial charge on any atom is 0.259 e. The van der Waals surface area contributed by atoms with Crippen molar-refractivity contribution in [2.75, 3.05) is 5.32 Å². The van der Waals surface area contributed by atoms with Gasteiger partial charge in [-0.3, -0.25) is 9.59 Å². The van der Waals surface area contributed by atoms with E-state index in [1.54, 1.807) is 24.3 Å². The number of phenols is 1. The summed E-state index contributed by atoms with van der Waals surface area (Å²) < 4.78 is 0. The first-order valence-corrected chi connectivity index (χ1v) is 5.98. The molecule has 0 saturated carbocycles. The van der Waals surface area contributed by atoms with Crippen molar-refractivity contribution < 1.29 is 14.7 Å². The van der Waals surface area contributed by atoms with Crippen LogP contribution < -0.4 is 11.1 Å². The van der Waals surface area contributed by atoms with Crippen molar-refractivity contribution in [1.82, 2.24) is 0 Å². The highest BCUT2D eigenvalue weighted by atomic mass is 16.3. The first-order chi connectivity index (χ1) is 9.47. The molecule has 0 bridgehead atoms. The van der Waals surface area contributed by atoms with E-state index in [1.807, 2.05) is 6.92 Å². The zero-order valence-corrected chi connectivity index (χ0v) is 10.9. The second-order valence-corrected chi connectivity index (χ2v) is 4.42. The van der Waals surface area contributed by atoms with Crippen molar-refractivity contribution in [1.29, 1.82) is 0 Å². The Morgan fingerprint density at radius 3 is 2.30 bits per heavy atom. The molecule has 0 fully saturated rings. The number of phenolic OH excluding ortho intramolecular Hbond substituents is 1.